The van der Waals surface area contributed by atoms with Crippen LogP contribution in [-0.2, 0) is 6.54 Å². The summed E-state index contributed by atoms with van der Waals surface area (Å²) in [5, 5.41) is 5.87. The summed E-state index contributed by atoms with van der Waals surface area (Å²) in [5.41, 5.74) is 1.59. The van der Waals surface area contributed by atoms with Crippen molar-refractivity contribution in [2.24, 2.45) is 0 Å². The average Bonchev–Trinajstić information content (AvgIpc) is 2.57. The summed E-state index contributed by atoms with van der Waals surface area (Å²) in [6, 6.07) is 9.18. The Balaban J connectivity index is 2.22. The van der Waals surface area contributed by atoms with Crippen molar-refractivity contribution in [3.63, 3.8) is 0 Å². The predicted octanol–water partition coefficient (Wildman–Crippen LogP) is 1.88. The van der Waals surface area contributed by atoms with E-state index in [1.54, 1.807) is 18.5 Å². The number of nitrogens with zero attached hydrogens (tertiary/aromatic N) is 2. The fraction of sp³-hybridized carbons (Fsp3) is 0.333. The second-order valence-electron chi connectivity index (χ2n) is 5.71. The molecule has 1 aromatic carbocycles. The molecule has 6 nitrogen and oxygen atoms in total. The van der Waals surface area contributed by atoms with Gasteiger partial charge in [0.15, 0.2) is 0 Å². The summed E-state index contributed by atoms with van der Waals surface area (Å²) in [7, 11) is 5.83. The van der Waals surface area contributed by atoms with Gasteiger partial charge in [0, 0.05) is 37.0 Å². The van der Waals surface area contributed by atoms with E-state index in [1.807, 2.05) is 45.4 Å². The third-order valence-corrected chi connectivity index (χ3v) is 3.34. The highest BCUT2D eigenvalue weighted by atomic mass is 16.5. The number of hydrogen-bond acceptors (Lipinski definition) is 5. The Hall–Kier alpha value is -2.44. The van der Waals surface area contributed by atoms with E-state index in [9.17, 15) is 4.79 Å². The average molecular weight is 328 g/mol. The van der Waals surface area contributed by atoms with Gasteiger partial charge in [0.05, 0.1) is 6.20 Å². The standard InChI is InChI=1S/C18H24N4O2/c1-19-9-10-21-18(23)14-6-7-15(13-22(2)3)17(11-14)24-16-5-4-8-20-12-16/h4-8,11-12,19H,9-10,13H2,1-3H3,(H,21,23). The van der Waals surface area contributed by atoms with E-state index in [1.165, 1.54) is 0 Å². The molecule has 0 aliphatic heterocycles. The van der Waals surface area contributed by atoms with Gasteiger partial charge >= 0.3 is 0 Å². The van der Waals surface area contributed by atoms with Crippen LogP contribution >= 0.6 is 0 Å². The van der Waals surface area contributed by atoms with Crippen molar-refractivity contribution in [3.8, 4) is 11.5 Å². The van der Waals surface area contributed by atoms with Gasteiger partial charge < -0.3 is 20.3 Å². The summed E-state index contributed by atoms with van der Waals surface area (Å²) in [6.07, 6.45) is 3.35. The minimum Gasteiger partial charge on any atom is -0.455 e. The number of aromatic nitrogens is 1. The molecule has 1 heterocycles. The summed E-state index contributed by atoms with van der Waals surface area (Å²) in [5.74, 6) is 1.20. The maximum atomic E-state index is 12.2. The highest BCUT2D eigenvalue weighted by molar-refractivity contribution is 5.94. The smallest absolute Gasteiger partial charge is 0.251 e. The summed E-state index contributed by atoms with van der Waals surface area (Å²) in [4.78, 5) is 18.4. The molecule has 2 rings (SSSR count). The van der Waals surface area contributed by atoms with Crippen molar-refractivity contribution in [3.05, 3.63) is 53.9 Å². The Kier molecular flexibility index (Phi) is 6.72. The van der Waals surface area contributed by atoms with E-state index in [-0.39, 0.29) is 5.91 Å². The molecule has 2 aromatic rings. The van der Waals surface area contributed by atoms with Crippen LogP contribution in [0.4, 0.5) is 0 Å². The van der Waals surface area contributed by atoms with Gasteiger partial charge in [-0.3, -0.25) is 9.78 Å². The van der Waals surface area contributed by atoms with Crippen LogP contribution in [0.3, 0.4) is 0 Å². The molecular weight excluding hydrogens is 304 g/mol. The highest BCUT2D eigenvalue weighted by Crippen LogP contribution is 2.27. The number of ether oxygens (including phenoxy) is 1. The number of amides is 1. The van der Waals surface area contributed by atoms with Gasteiger partial charge in [-0.2, -0.15) is 0 Å². The first-order chi connectivity index (χ1) is 11.6. The van der Waals surface area contributed by atoms with E-state index in [0.717, 1.165) is 18.7 Å². The fourth-order valence-electron chi connectivity index (χ4n) is 2.20. The largest absolute Gasteiger partial charge is 0.455 e. The molecule has 0 spiro atoms. The Morgan fingerprint density at radius 3 is 2.75 bits per heavy atom. The lowest BCUT2D eigenvalue weighted by Gasteiger charge is -2.16. The zero-order valence-electron chi connectivity index (χ0n) is 14.4. The van der Waals surface area contributed by atoms with Crippen LogP contribution in [0.15, 0.2) is 42.7 Å². The van der Waals surface area contributed by atoms with Gasteiger partial charge in [-0.25, -0.2) is 0 Å². The molecule has 0 radical (unpaired) electrons. The van der Waals surface area contributed by atoms with Crippen LogP contribution in [0.5, 0.6) is 11.5 Å². The van der Waals surface area contributed by atoms with E-state index in [4.69, 9.17) is 4.74 Å². The number of pyridine rings is 1. The maximum absolute atomic E-state index is 12.2. The third kappa shape index (κ3) is 5.33. The van der Waals surface area contributed by atoms with Gasteiger partial charge in [0.1, 0.15) is 11.5 Å². The maximum Gasteiger partial charge on any atom is 0.251 e. The molecule has 128 valence electrons. The lowest BCUT2D eigenvalue weighted by atomic mass is 10.1. The van der Waals surface area contributed by atoms with E-state index < -0.39 is 0 Å². The molecule has 0 bridgehead atoms. The summed E-state index contributed by atoms with van der Waals surface area (Å²) < 4.78 is 5.95. The zero-order chi connectivity index (χ0) is 17.4. The second kappa shape index (κ2) is 9.00. The molecule has 6 heteroatoms. The number of carbonyl (C=O) groups is 1. The topological polar surface area (TPSA) is 66.5 Å². The van der Waals surface area contributed by atoms with Crippen molar-refractivity contribution in [2.75, 3.05) is 34.2 Å². The van der Waals surface area contributed by atoms with Gasteiger partial charge in [-0.15, -0.1) is 0 Å². The summed E-state index contributed by atoms with van der Waals surface area (Å²) >= 11 is 0. The van der Waals surface area contributed by atoms with Gasteiger partial charge in [-0.05, 0) is 45.4 Å². The van der Waals surface area contributed by atoms with Crippen molar-refractivity contribution < 1.29 is 9.53 Å². The Labute approximate surface area is 142 Å². The third-order valence-electron chi connectivity index (χ3n) is 3.34. The zero-order valence-corrected chi connectivity index (χ0v) is 14.4. The Bertz CT molecular complexity index is 659. The molecule has 24 heavy (non-hydrogen) atoms. The van der Waals surface area contributed by atoms with E-state index in [2.05, 4.69) is 20.5 Å². The molecule has 0 atom stereocenters. The Morgan fingerprint density at radius 1 is 1.25 bits per heavy atom. The first-order valence-corrected chi connectivity index (χ1v) is 7.88. The SMILES string of the molecule is CNCCNC(=O)c1ccc(CN(C)C)c(Oc2cccnc2)c1. The molecule has 0 saturated heterocycles. The monoisotopic (exact) mass is 328 g/mol. The van der Waals surface area contributed by atoms with E-state index in [0.29, 0.717) is 23.6 Å². The van der Waals surface area contributed by atoms with Gasteiger partial charge in [0.2, 0.25) is 0 Å². The lowest BCUT2D eigenvalue weighted by Crippen LogP contribution is -2.30. The van der Waals surface area contributed by atoms with Crippen molar-refractivity contribution >= 4 is 5.91 Å². The van der Waals surface area contributed by atoms with Crippen LogP contribution in [-0.4, -0.2) is 50.0 Å². The lowest BCUT2D eigenvalue weighted by molar-refractivity contribution is 0.0954. The summed E-state index contributed by atoms with van der Waals surface area (Å²) in [6.45, 7) is 2.02. The van der Waals surface area contributed by atoms with E-state index >= 15 is 0 Å². The minimum atomic E-state index is -0.113. The molecular formula is C18H24N4O2. The minimum absolute atomic E-state index is 0.113. The van der Waals surface area contributed by atoms with Gasteiger partial charge in [-0.1, -0.05) is 6.07 Å². The molecule has 1 aromatic heterocycles. The molecule has 2 N–H and O–H groups in total. The van der Waals surface area contributed by atoms with Gasteiger partial charge in [0.25, 0.3) is 5.91 Å². The van der Waals surface area contributed by atoms with Crippen LogP contribution in [0.25, 0.3) is 0 Å². The highest BCUT2D eigenvalue weighted by Gasteiger charge is 2.12. The molecule has 0 aliphatic rings. The predicted molar refractivity (Wildman–Crippen MR) is 94.4 cm³/mol. The quantitative estimate of drug-likeness (QED) is 0.724. The molecule has 0 aliphatic carbocycles. The number of hydrogen-bond donors (Lipinski definition) is 2. The Morgan fingerprint density at radius 2 is 2.08 bits per heavy atom. The number of carbonyl (C=O) groups excluding carboxylic acids is 1. The molecule has 0 saturated carbocycles. The van der Waals surface area contributed by atoms with Crippen LogP contribution < -0.4 is 15.4 Å². The first kappa shape index (κ1) is 17.9. The fourth-order valence-corrected chi connectivity index (χ4v) is 2.20. The van der Waals surface area contributed by atoms with Crippen LogP contribution in [0.2, 0.25) is 0 Å². The van der Waals surface area contributed by atoms with Crippen LogP contribution in [0, 0.1) is 0 Å². The van der Waals surface area contributed by atoms with Crippen molar-refractivity contribution in [2.45, 2.75) is 6.54 Å². The molecule has 0 unspecified atom stereocenters. The normalized spacial score (nSPS) is 10.7. The van der Waals surface area contributed by atoms with Crippen molar-refractivity contribution in [1.82, 2.24) is 20.5 Å². The molecule has 1 amide bonds. The number of nitrogens with one attached hydrogen (secondary N) is 2. The first-order valence-electron chi connectivity index (χ1n) is 7.88. The number of rotatable bonds is 8. The number of benzene rings is 1. The van der Waals surface area contributed by atoms with Crippen molar-refractivity contribution in [1.29, 1.82) is 0 Å². The molecule has 0 fully saturated rings. The number of likely N-dealkylation sites (N-methyl/N-ethyl adjacent to an activating group) is 1. The second-order valence-corrected chi connectivity index (χ2v) is 5.71. The van der Waals surface area contributed by atoms with Crippen LogP contribution in [0.1, 0.15) is 15.9 Å².